The lowest BCUT2D eigenvalue weighted by Gasteiger charge is -2.26. The van der Waals surface area contributed by atoms with E-state index in [2.05, 4.69) is 5.43 Å². The number of amides is 2. The van der Waals surface area contributed by atoms with Crippen LogP contribution in [0.2, 0.25) is 0 Å². The Morgan fingerprint density at radius 2 is 2.24 bits per heavy atom. The van der Waals surface area contributed by atoms with E-state index in [0.29, 0.717) is 6.42 Å². The third-order valence-corrected chi connectivity index (χ3v) is 3.01. The van der Waals surface area contributed by atoms with Gasteiger partial charge in [0, 0.05) is 19.2 Å². The van der Waals surface area contributed by atoms with Crippen molar-refractivity contribution in [3.8, 4) is 0 Å². The van der Waals surface area contributed by atoms with Crippen LogP contribution in [0.4, 0.5) is 5.69 Å². The highest BCUT2D eigenvalue weighted by Gasteiger charge is 2.20. The number of benzene rings is 1. The molecule has 1 aromatic carbocycles. The van der Waals surface area contributed by atoms with Crippen molar-refractivity contribution in [2.45, 2.75) is 19.3 Å². The van der Waals surface area contributed by atoms with Gasteiger partial charge in [-0.05, 0) is 23.6 Å². The first-order chi connectivity index (χ1) is 8.11. The summed E-state index contributed by atoms with van der Waals surface area (Å²) >= 11 is 0. The van der Waals surface area contributed by atoms with Crippen molar-refractivity contribution in [3.63, 3.8) is 0 Å². The second-order valence-corrected chi connectivity index (χ2v) is 4.16. The second kappa shape index (κ2) is 4.55. The second-order valence-electron chi connectivity index (χ2n) is 4.16. The minimum absolute atomic E-state index is 0.130. The number of hydrogen-bond acceptors (Lipinski definition) is 3. The van der Waals surface area contributed by atoms with E-state index in [4.69, 9.17) is 5.84 Å². The highest BCUT2D eigenvalue weighted by Crippen LogP contribution is 2.27. The molecule has 1 aliphatic rings. The van der Waals surface area contributed by atoms with E-state index in [-0.39, 0.29) is 18.2 Å². The maximum atomic E-state index is 11.5. The Kier molecular flexibility index (Phi) is 3.10. The monoisotopic (exact) mass is 233 g/mol. The number of hydrazine groups is 1. The number of aryl methyl sites for hydroxylation is 1. The summed E-state index contributed by atoms with van der Waals surface area (Å²) in [5.41, 5.74) is 5.05. The molecule has 5 heteroatoms. The van der Waals surface area contributed by atoms with Gasteiger partial charge in [-0.1, -0.05) is 12.1 Å². The number of fused-ring (bicyclic) bond motifs is 1. The van der Waals surface area contributed by atoms with Crippen LogP contribution in [0.3, 0.4) is 0 Å². The Morgan fingerprint density at radius 1 is 1.47 bits per heavy atom. The standard InChI is InChI=1S/C12H15N3O2/c1-15-10-4-2-8(7-11(16)14-13)6-9(10)3-5-12(15)17/h2,4,6H,3,5,7,13H2,1H3,(H,14,16). The quantitative estimate of drug-likeness (QED) is 0.433. The Morgan fingerprint density at radius 3 is 2.94 bits per heavy atom. The third-order valence-electron chi connectivity index (χ3n) is 3.01. The number of rotatable bonds is 2. The Labute approximate surface area is 99.6 Å². The Balaban J connectivity index is 2.26. The molecule has 0 saturated heterocycles. The minimum Gasteiger partial charge on any atom is -0.315 e. The normalized spacial score (nSPS) is 14.5. The van der Waals surface area contributed by atoms with E-state index in [9.17, 15) is 9.59 Å². The van der Waals surface area contributed by atoms with E-state index in [0.717, 1.165) is 23.2 Å². The summed E-state index contributed by atoms with van der Waals surface area (Å²) in [6, 6.07) is 5.70. The summed E-state index contributed by atoms with van der Waals surface area (Å²) in [4.78, 5) is 24.3. The largest absolute Gasteiger partial charge is 0.315 e. The van der Waals surface area contributed by atoms with Gasteiger partial charge < -0.3 is 4.90 Å². The van der Waals surface area contributed by atoms with E-state index in [1.54, 1.807) is 11.9 Å². The highest BCUT2D eigenvalue weighted by molar-refractivity contribution is 5.96. The van der Waals surface area contributed by atoms with Crippen LogP contribution in [-0.4, -0.2) is 18.9 Å². The summed E-state index contributed by atoms with van der Waals surface area (Å²) in [5, 5.41) is 0. The smallest absolute Gasteiger partial charge is 0.238 e. The maximum Gasteiger partial charge on any atom is 0.238 e. The first kappa shape index (κ1) is 11.6. The van der Waals surface area contributed by atoms with Gasteiger partial charge in [0.2, 0.25) is 11.8 Å². The van der Waals surface area contributed by atoms with Crippen molar-refractivity contribution in [3.05, 3.63) is 29.3 Å². The van der Waals surface area contributed by atoms with Gasteiger partial charge in [0.25, 0.3) is 0 Å². The molecule has 0 spiro atoms. The van der Waals surface area contributed by atoms with Crippen molar-refractivity contribution in [2.24, 2.45) is 5.84 Å². The molecular formula is C12H15N3O2. The number of nitrogens with zero attached hydrogens (tertiary/aromatic N) is 1. The fraction of sp³-hybridized carbons (Fsp3) is 0.333. The van der Waals surface area contributed by atoms with E-state index >= 15 is 0 Å². The molecule has 0 bridgehead atoms. The first-order valence-electron chi connectivity index (χ1n) is 5.49. The lowest BCUT2D eigenvalue weighted by atomic mass is 9.98. The van der Waals surface area contributed by atoms with Gasteiger partial charge in [-0.25, -0.2) is 5.84 Å². The van der Waals surface area contributed by atoms with E-state index < -0.39 is 0 Å². The topological polar surface area (TPSA) is 75.4 Å². The number of carbonyl (C=O) groups excluding carboxylic acids is 2. The summed E-state index contributed by atoms with van der Waals surface area (Å²) in [6.07, 6.45) is 1.52. The zero-order chi connectivity index (χ0) is 12.4. The molecule has 2 rings (SSSR count). The molecule has 3 N–H and O–H groups in total. The highest BCUT2D eigenvalue weighted by atomic mass is 16.2. The lowest BCUT2D eigenvalue weighted by molar-refractivity contribution is -0.120. The summed E-state index contributed by atoms with van der Waals surface area (Å²) in [5.74, 6) is 4.96. The fourth-order valence-electron chi connectivity index (χ4n) is 2.06. The lowest BCUT2D eigenvalue weighted by Crippen LogP contribution is -2.32. The SMILES string of the molecule is CN1C(=O)CCc2cc(CC(=O)NN)ccc21. The van der Waals surface area contributed by atoms with Gasteiger partial charge in [0.05, 0.1) is 6.42 Å². The number of nitrogens with one attached hydrogen (secondary N) is 1. The van der Waals surface area contributed by atoms with Crippen LogP contribution in [0.5, 0.6) is 0 Å². The van der Waals surface area contributed by atoms with E-state index in [1.165, 1.54) is 0 Å². The van der Waals surface area contributed by atoms with Crippen LogP contribution < -0.4 is 16.2 Å². The van der Waals surface area contributed by atoms with Gasteiger partial charge in [-0.15, -0.1) is 0 Å². The number of hydrogen-bond donors (Lipinski definition) is 2. The maximum absolute atomic E-state index is 11.5. The molecule has 0 aliphatic carbocycles. The van der Waals surface area contributed by atoms with Crippen molar-refractivity contribution >= 4 is 17.5 Å². The predicted octanol–water partition coefficient (Wildman–Crippen LogP) is 0.128. The van der Waals surface area contributed by atoms with Crippen molar-refractivity contribution in [1.29, 1.82) is 0 Å². The molecule has 1 aliphatic heterocycles. The minimum atomic E-state index is -0.217. The summed E-state index contributed by atoms with van der Waals surface area (Å²) in [6.45, 7) is 0. The Bertz CT molecular complexity index is 471. The fourth-order valence-corrected chi connectivity index (χ4v) is 2.06. The zero-order valence-electron chi connectivity index (χ0n) is 9.69. The average molecular weight is 233 g/mol. The van der Waals surface area contributed by atoms with Crippen molar-refractivity contribution in [2.75, 3.05) is 11.9 Å². The average Bonchev–Trinajstić information content (AvgIpc) is 2.34. The summed E-state index contributed by atoms with van der Waals surface area (Å²) < 4.78 is 0. The van der Waals surface area contributed by atoms with Crippen molar-refractivity contribution < 1.29 is 9.59 Å². The summed E-state index contributed by atoms with van der Waals surface area (Å²) in [7, 11) is 1.77. The molecule has 0 fully saturated rings. The first-order valence-corrected chi connectivity index (χ1v) is 5.49. The van der Waals surface area contributed by atoms with Gasteiger partial charge in [-0.2, -0.15) is 0 Å². The number of anilines is 1. The molecule has 0 saturated carbocycles. The molecule has 1 aromatic rings. The molecular weight excluding hydrogens is 218 g/mol. The van der Waals surface area contributed by atoms with Gasteiger partial charge in [0.15, 0.2) is 0 Å². The van der Waals surface area contributed by atoms with Crippen LogP contribution in [0.25, 0.3) is 0 Å². The predicted molar refractivity (Wildman–Crippen MR) is 64.2 cm³/mol. The van der Waals surface area contributed by atoms with Crippen LogP contribution in [0.15, 0.2) is 18.2 Å². The van der Waals surface area contributed by atoms with Gasteiger partial charge >= 0.3 is 0 Å². The zero-order valence-corrected chi connectivity index (χ0v) is 9.69. The van der Waals surface area contributed by atoms with Crippen LogP contribution in [0.1, 0.15) is 17.5 Å². The van der Waals surface area contributed by atoms with Crippen LogP contribution >= 0.6 is 0 Å². The molecule has 0 radical (unpaired) electrons. The number of nitrogens with two attached hydrogens (primary N) is 1. The molecule has 0 unspecified atom stereocenters. The van der Waals surface area contributed by atoms with E-state index in [1.807, 2.05) is 18.2 Å². The molecule has 2 amide bonds. The van der Waals surface area contributed by atoms with Gasteiger partial charge in [0.1, 0.15) is 0 Å². The number of carbonyl (C=O) groups is 2. The van der Waals surface area contributed by atoms with Crippen LogP contribution in [-0.2, 0) is 22.4 Å². The molecule has 0 atom stereocenters. The molecule has 17 heavy (non-hydrogen) atoms. The van der Waals surface area contributed by atoms with Crippen LogP contribution in [0, 0.1) is 0 Å². The molecule has 1 heterocycles. The molecule has 0 aromatic heterocycles. The molecule has 5 nitrogen and oxygen atoms in total. The molecule has 90 valence electrons. The van der Waals surface area contributed by atoms with Gasteiger partial charge in [-0.3, -0.25) is 15.0 Å². The Hall–Kier alpha value is -1.88. The van der Waals surface area contributed by atoms with Crippen molar-refractivity contribution in [1.82, 2.24) is 5.43 Å². The third kappa shape index (κ3) is 2.29.